The Bertz CT molecular complexity index is 3590. The van der Waals surface area contributed by atoms with Crippen molar-refractivity contribution in [2.45, 2.75) is 59.1 Å². The smallest absolute Gasteiger partial charge is 0.349 e. The number of carbonyl (C=O) groups is 2. The van der Waals surface area contributed by atoms with Gasteiger partial charge in [-0.25, -0.2) is 4.79 Å². The number of carbonyl (C=O) groups excluding carboxylic acids is 1. The van der Waals surface area contributed by atoms with Gasteiger partial charge in [-0.15, -0.1) is 34.0 Å². The number of nitrogens with zero attached hydrogens (tertiary/aromatic N) is 3. The lowest BCUT2D eigenvalue weighted by Crippen LogP contribution is -2.33. The van der Waals surface area contributed by atoms with Crippen molar-refractivity contribution >= 4 is 121 Å². The third-order valence-corrected chi connectivity index (χ3v) is 16.3. The predicted octanol–water partition coefficient (Wildman–Crippen LogP) is 11.6. The lowest BCUT2D eigenvalue weighted by molar-refractivity contribution is -0.132. The molecule has 10 rings (SSSR count). The van der Waals surface area contributed by atoms with Crippen LogP contribution >= 0.6 is 34.0 Å². The Morgan fingerprint density at radius 1 is 0.812 bits per heavy atom. The largest absolute Gasteiger partial charge is 0.477 e. The van der Waals surface area contributed by atoms with E-state index in [1.807, 2.05) is 40.9 Å². The van der Waals surface area contributed by atoms with Crippen LogP contribution in [0, 0.1) is 17.2 Å². The van der Waals surface area contributed by atoms with E-state index in [9.17, 15) is 24.8 Å². The van der Waals surface area contributed by atoms with Crippen LogP contribution in [0.3, 0.4) is 0 Å². The van der Waals surface area contributed by atoms with Gasteiger partial charge in [0.15, 0.2) is 12.3 Å². The van der Waals surface area contributed by atoms with E-state index >= 15 is 0 Å². The van der Waals surface area contributed by atoms with Gasteiger partial charge >= 0.3 is 5.97 Å². The highest BCUT2D eigenvalue weighted by atomic mass is 32.1. The van der Waals surface area contributed by atoms with Gasteiger partial charge < -0.3 is 14.7 Å². The molecule has 0 amide bonds. The van der Waals surface area contributed by atoms with Gasteiger partial charge in [-0.05, 0) is 135 Å². The van der Waals surface area contributed by atoms with E-state index in [4.69, 9.17) is 4.74 Å². The molecule has 11 heteroatoms. The van der Waals surface area contributed by atoms with E-state index in [-0.39, 0.29) is 15.7 Å². The Morgan fingerprint density at radius 3 is 2.19 bits per heavy atom. The summed E-state index contributed by atoms with van der Waals surface area (Å²) in [5, 5.41) is 26.0. The highest BCUT2D eigenvalue weighted by Gasteiger charge is 2.24. The molecule has 1 aliphatic rings. The Labute approximate surface area is 380 Å². The standard InChI is InChI=1S/C53H43N3O5S3/c1-3-5-8-31(4-2)28-55-44-10-7-6-9-33(44)13-16-38-21-35(17-18-45(38)55)34-14-15-37-26-47-42(24-40(37)22-34)50-49(63-47)41-23-39-19-32(11-12-36(39)25-46(41)62-50)20-48-51(58)56(29-61-30-57)52(64-48)43(27-54)53(59)60/h6-7,9-12,14-15,17-26,30-31H,3-5,8,13,16,28-29H2,1-2H3,(H,59,60)/b48-20?,52-43+. The van der Waals surface area contributed by atoms with Crippen molar-refractivity contribution < 1.29 is 19.4 Å². The quantitative estimate of drug-likeness (QED) is 0.122. The second kappa shape index (κ2) is 17.2. The second-order valence-corrected chi connectivity index (χ2v) is 19.7. The third-order valence-electron chi connectivity index (χ3n) is 12.7. The van der Waals surface area contributed by atoms with Gasteiger partial charge in [-0.3, -0.25) is 14.2 Å². The lowest BCUT2D eigenvalue weighted by atomic mass is 9.95. The van der Waals surface area contributed by atoms with Crippen LogP contribution in [0.25, 0.3) is 73.9 Å². The molecular formula is C53H43N3O5S3. The van der Waals surface area contributed by atoms with Crippen molar-refractivity contribution in [3.63, 3.8) is 0 Å². The number of unbranched alkanes of at least 4 members (excludes halogenated alkanes) is 1. The average Bonchev–Trinajstić information content (AvgIpc) is 3.90. The number of hydrogen-bond donors (Lipinski definition) is 1. The van der Waals surface area contributed by atoms with E-state index in [1.54, 1.807) is 12.1 Å². The minimum Gasteiger partial charge on any atom is -0.477 e. The molecule has 6 aromatic carbocycles. The molecule has 0 radical (unpaired) electrons. The van der Waals surface area contributed by atoms with Crippen LogP contribution in [-0.4, -0.2) is 28.7 Å². The number of aliphatic carboxylic acids is 1. The number of aryl methyl sites for hydroxylation is 2. The van der Waals surface area contributed by atoms with Crippen molar-refractivity contribution in [3.8, 4) is 17.2 Å². The lowest BCUT2D eigenvalue weighted by Gasteiger charge is -2.31. The van der Waals surface area contributed by atoms with Crippen molar-refractivity contribution in [3.05, 3.63) is 139 Å². The second-order valence-electron chi connectivity index (χ2n) is 16.6. The first kappa shape index (κ1) is 41.4. The molecule has 1 N–H and O–H groups in total. The highest BCUT2D eigenvalue weighted by Crippen LogP contribution is 2.47. The van der Waals surface area contributed by atoms with Crippen LogP contribution in [0.5, 0.6) is 0 Å². The summed E-state index contributed by atoms with van der Waals surface area (Å²) in [6, 6.07) is 39.7. The number of thiazole rings is 1. The van der Waals surface area contributed by atoms with E-state index in [0.29, 0.717) is 5.92 Å². The minimum atomic E-state index is -1.47. The number of para-hydroxylation sites is 1. The molecule has 0 fully saturated rings. The van der Waals surface area contributed by atoms with Crippen molar-refractivity contribution in [2.75, 3.05) is 11.4 Å². The Hall–Kier alpha value is -6.58. The van der Waals surface area contributed by atoms with Crippen LogP contribution in [0.4, 0.5) is 11.4 Å². The summed E-state index contributed by atoms with van der Waals surface area (Å²) in [7, 11) is 0. The van der Waals surface area contributed by atoms with E-state index in [1.165, 1.54) is 99.7 Å². The number of carboxylic acids is 1. The van der Waals surface area contributed by atoms with Gasteiger partial charge in [0, 0.05) is 38.1 Å². The number of aromatic nitrogens is 1. The van der Waals surface area contributed by atoms with Crippen LogP contribution in [-0.2, 0) is 33.9 Å². The van der Waals surface area contributed by atoms with Crippen LogP contribution in [0.15, 0.2) is 108 Å². The maximum absolute atomic E-state index is 13.4. The fraction of sp³-hybridized carbons (Fsp3) is 0.208. The van der Waals surface area contributed by atoms with Gasteiger partial charge in [0.25, 0.3) is 12.0 Å². The van der Waals surface area contributed by atoms with Gasteiger partial charge in [-0.2, -0.15) is 5.26 Å². The molecule has 0 saturated heterocycles. The summed E-state index contributed by atoms with van der Waals surface area (Å²) in [4.78, 5) is 38.7. The highest BCUT2D eigenvalue weighted by molar-refractivity contribution is 7.36. The zero-order valence-electron chi connectivity index (χ0n) is 35.4. The molecule has 1 aliphatic heterocycles. The van der Waals surface area contributed by atoms with Crippen molar-refractivity contribution in [2.24, 2.45) is 5.92 Å². The van der Waals surface area contributed by atoms with Gasteiger partial charge in [-0.1, -0.05) is 81.6 Å². The fourth-order valence-electron chi connectivity index (χ4n) is 9.28. The number of ether oxygens (including phenoxy) is 1. The number of anilines is 2. The number of hydrogen-bond acceptors (Lipinski definition) is 9. The zero-order chi connectivity index (χ0) is 44.1. The molecule has 1 atom stereocenters. The fourth-order valence-corrected chi connectivity index (χ4v) is 13.1. The molecule has 1 unspecified atom stereocenters. The maximum atomic E-state index is 13.4. The number of benzene rings is 6. The van der Waals surface area contributed by atoms with Gasteiger partial charge in [0.2, 0.25) is 0 Å². The molecule has 64 heavy (non-hydrogen) atoms. The summed E-state index contributed by atoms with van der Waals surface area (Å²) in [5.74, 6) is -0.819. The predicted molar refractivity (Wildman–Crippen MR) is 265 cm³/mol. The summed E-state index contributed by atoms with van der Waals surface area (Å²) in [6.07, 6.45) is 8.65. The molecule has 0 bridgehead atoms. The topological polar surface area (TPSA) is 113 Å². The normalized spacial score (nSPS) is 13.9. The van der Waals surface area contributed by atoms with Crippen molar-refractivity contribution in [1.82, 2.24) is 4.57 Å². The molecule has 318 valence electrons. The first-order chi connectivity index (χ1) is 31.2. The number of rotatable bonds is 12. The molecule has 4 heterocycles. The minimum absolute atomic E-state index is 0.0875. The third kappa shape index (κ3) is 7.45. The maximum Gasteiger partial charge on any atom is 0.349 e. The van der Waals surface area contributed by atoms with Crippen LogP contribution in [0.1, 0.15) is 56.2 Å². The molecule has 0 aliphatic carbocycles. The number of fused-ring (bicyclic) bond motifs is 9. The van der Waals surface area contributed by atoms with Crippen LogP contribution in [0.2, 0.25) is 0 Å². The van der Waals surface area contributed by atoms with Gasteiger partial charge in [0.05, 0.1) is 13.9 Å². The van der Waals surface area contributed by atoms with E-state index in [2.05, 4.69) is 104 Å². The summed E-state index contributed by atoms with van der Waals surface area (Å²) in [5.41, 5.74) is 7.58. The molecule has 8 nitrogen and oxygen atoms in total. The monoisotopic (exact) mass is 897 g/mol. The Kier molecular flexibility index (Phi) is 11.1. The SMILES string of the molecule is CCCCC(CC)CN1c2ccccc2CCc2cc(-c3ccc4cc5sc6c7cc8cc(C=c9s/c(=C(\C#N)C(=O)O)n(COC=O)c9=O)ccc8cc7sc6c5cc4c3)ccc21. The number of carboxylic acid groups (broad SMARTS) is 1. The molecular weight excluding hydrogens is 855 g/mol. The van der Waals surface area contributed by atoms with E-state index in [0.717, 1.165) is 51.6 Å². The summed E-state index contributed by atoms with van der Waals surface area (Å²) >= 11 is 4.50. The summed E-state index contributed by atoms with van der Waals surface area (Å²) in [6.45, 7) is 5.33. The first-order valence-corrected chi connectivity index (χ1v) is 24.1. The number of thiophene rings is 2. The van der Waals surface area contributed by atoms with Gasteiger partial charge in [0.1, 0.15) is 10.7 Å². The molecule has 0 saturated carbocycles. The molecule has 3 aromatic heterocycles. The Balaban J connectivity index is 1.01. The molecule has 9 aromatic rings. The van der Waals surface area contributed by atoms with Crippen molar-refractivity contribution in [1.29, 1.82) is 5.26 Å². The first-order valence-electron chi connectivity index (χ1n) is 21.6. The summed E-state index contributed by atoms with van der Waals surface area (Å²) < 4.78 is 10.9. The number of nitriles is 1. The average molecular weight is 898 g/mol. The molecule has 0 spiro atoms. The van der Waals surface area contributed by atoms with E-state index < -0.39 is 23.8 Å². The zero-order valence-corrected chi connectivity index (χ0v) is 37.8. The Morgan fingerprint density at radius 2 is 1.48 bits per heavy atom. The van der Waals surface area contributed by atoms with Crippen LogP contribution < -0.4 is 19.7 Å².